The summed E-state index contributed by atoms with van der Waals surface area (Å²) in [5, 5.41) is 25.0. The Morgan fingerprint density at radius 2 is 1.72 bits per heavy atom. The molecule has 0 atom stereocenters. The van der Waals surface area contributed by atoms with E-state index in [1.54, 1.807) is 18.5 Å². The van der Waals surface area contributed by atoms with E-state index in [1.165, 1.54) is 30.0 Å². The first-order valence-electron chi connectivity index (χ1n) is 9.66. The maximum atomic E-state index is 12.4. The molecule has 0 spiro atoms. The quantitative estimate of drug-likeness (QED) is 0.303. The van der Waals surface area contributed by atoms with Crippen LogP contribution < -0.4 is 10.6 Å². The Labute approximate surface area is 188 Å². The number of hydrogen-bond donors (Lipinski definition) is 2. The molecule has 1 aromatic heterocycles. The number of para-hydroxylation sites is 1. The second-order valence-corrected chi connectivity index (χ2v) is 8.03. The number of amides is 2. The zero-order valence-corrected chi connectivity index (χ0v) is 18.6. The average Bonchev–Trinajstić information content (AvgIpc) is 3.08. The van der Waals surface area contributed by atoms with E-state index in [2.05, 4.69) is 20.8 Å². The highest BCUT2D eigenvalue weighted by Gasteiger charge is 2.16. The minimum absolute atomic E-state index is 0.0343. The molecule has 3 rings (SSSR count). The van der Waals surface area contributed by atoms with Gasteiger partial charge < -0.3 is 15.2 Å². The predicted molar refractivity (Wildman–Crippen MR) is 122 cm³/mol. The summed E-state index contributed by atoms with van der Waals surface area (Å²) in [5.41, 5.74) is 2.77. The number of non-ortho nitro benzene ring substituents is 1. The van der Waals surface area contributed by atoms with Gasteiger partial charge in [-0.1, -0.05) is 30.0 Å². The van der Waals surface area contributed by atoms with Crippen molar-refractivity contribution in [3.8, 4) is 0 Å². The van der Waals surface area contributed by atoms with Gasteiger partial charge in [0.15, 0.2) is 5.16 Å². The number of nitro benzene ring substituents is 1. The van der Waals surface area contributed by atoms with E-state index >= 15 is 0 Å². The van der Waals surface area contributed by atoms with Crippen LogP contribution in [0.15, 0.2) is 47.6 Å². The summed E-state index contributed by atoms with van der Waals surface area (Å²) in [6.45, 7) is 3.60. The number of benzene rings is 2. The highest BCUT2D eigenvalue weighted by atomic mass is 32.2. The van der Waals surface area contributed by atoms with Gasteiger partial charge >= 0.3 is 0 Å². The fourth-order valence-corrected chi connectivity index (χ4v) is 3.62. The molecule has 3 aromatic rings. The van der Waals surface area contributed by atoms with Crippen LogP contribution in [0.1, 0.15) is 17.0 Å². The Morgan fingerprint density at radius 1 is 1.03 bits per heavy atom. The SMILES string of the molecule is Cc1cc([N+](=O)[O-])ccc1NC(=O)CSc1nnc(CC(=O)Nc2ccccc2C)n1C. The van der Waals surface area contributed by atoms with E-state index < -0.39 is 4.92 Å². The fourth-order valence-electron chi connectivity index (χ4n) is 2.89. The predicted octanol–water partition coefficient (Wildman–Crippen LogP) is 3.25. The molecule has 0 bridgehead atoms. The molecule has 0 saturated carbocycles. The van der Waals surface area contributed by atoms with Crippen LogP contribution >= 0.6 is 11.8 Å². The molecule has 0 unspecified atom stereocenters. The van der Waals surface area contributed by atoms with Crippen LogP contribution in [0.3, 0.4) is 0 Å². The zero-order chi connectivity index (χ0) is 23.3. The lowest BCUT2D eigenvalue weighted by Gasteiger charge is -2.09. The van der Waals surface area contributed by atoms with Crippen molar-refractivity contribution in [2.45, 2.75) is 25.4 Å². The molecular formula is C21H22N6O4S. The van der Waals surface area contributed by atoms with Crippen LogP contribution in [-0.2, 0) is 23.1 Å². The third kappa shape index (κ3) is 5.70. The number of carbonyl (C=O) groups excluding carboxylic acids is 2. The molecule has 0 aliphatic heterocycles. The van der Waals surface area contributed by atoms with E-state index in [4.69, 9.17) is 0 Å². The number of aromatic nitrogens is 3. The lowest BCUT2D eigenvalue weighted by atomic mass is 10.2. The lowest BCUT2D eigenvalue weighted by Crippen LogP contribution is -2.18. The fraction of sp³-hybridized carbons (Fsp3) is 0.238. The van der Waals surface area contributed by atoms with Crippen LogP contribution in [0.2, 0.25) is 0 Å². The molecular weight excluding hydrogens is 432 g/mol. The topological polar surface area (TPSA) is 132 Å². The second-order valence-electron chi connectivity index (χ2n) is 7.09. The van der Waals surface area contributed by atoms with Crippen LogP contribution in [0.5, 0.6) is 0 Å². The van der Waals surface area contributed by atoms with Crippen molar-refractivity contribution in [3.05, 3.63) is 69.5 Å². The Balaban J connectivity index is 1.55. The van der Waals surface area contributed by atoms with Gasteiger partial charge in [-0.3, -0.25) is 19.7 Å². The molecule has 11 heteroatoms. The van der Waals surface area contributed by atoms with E-state index in [-0.39, 0.29) is 29.7 Å². The number of anilines is 2. The molecule has 0 saturated heterocycles. The first-order valence-corrected chi connectivity index (χ1v) is 10.6. The number of nitro groups is 1. The standard InChI is InChI=1S/C21H22N6O4S/c1-13-6-4-5-7-16(13)22-19(28)11-18-24-25-21(26(18)3)32-12-20(29)23-17-9-8-15(27(30)31)10-14(17)2/h4-10H,11-12H2,1-3H3,(H,22,28)(H,23,29). The number of rotatable bonds is 8. The van der Waals surface area contributed by atoms with E-state index in [0.29, 0.717) is 22.2 Å². The van der Waals surface area contributed by atoms with Gasteiger partial charge in [-0.2, -0.15) is 0 Å². The van der Waals surface area contributed by atoms with Crippen molar-refractivity contribution < 1.29 is 14.5 Å². The lowest BCUT2D eigenvalue weighted by molar-refractivity contribution is -0.384. The van der Waals surface area contributed by atoms with Crippen molar-refractivity contribution in [1.29, 1.82) is 0 Å². The second kappa shape index (κ2) is 10.1. The van der Waals surface area contributed by atoms with Crippen LogP contribution in [0.25, 0.3) is 0 Å². The van der Waals surface area contributed by atoms with Crippen LogP contribution in [-0.4, -0.2) is 37.3 Å². The van der Waals surface area contributed by atoms with Crippen LogP contribution in [0.4, 0.5) is 17.1 Å². The number of nitrogens with zero attached hydrogens (tertiary/aromatic N) is 4. The molecule has 2 N–H and O–H groups in total. The van der Waals surface area contributed by atoms with Gasteiger partial charge in [-0.15, -0.1) is 10.2 Å². The number of nitrogens with one attached hydrogen (secondary N) is 2. The molecule has 0 aliphatic carbocycles. The van der Waals surface area contributed by atoms with Crippen LogP contribution in [0, 0.1) is 24.0 Å². The normalized spacial score (nSPS) is 10.6. The smallest absolute Gasteiger partial charge is 0.269 e. The number of carbonyl (C=O) groups is 2. The molecule has 2 aromatic carbocycles. The summed E-state index contributed by atoms with van der Waals surface area (Å²) in [4.78, 5) is 35.0. The minimum Gasteiger partial charge on any atom is -0.325 e. The van der Waals surface area contributed by atoms with Crippen molar-refractivity contribution in [2.75, 3.05) is 16.4 Å². The maximum Gasteiger partial charge on any atom is 0.269 e. The van der Waals surface area contributed by atoms with Crippen molar-refractivity contribution in [2.24, 2.45) is 7.05 Å². The Hall–Kier alpha value is -3.73. The summed E-state index contributed by atoms with van der Waals surface area (Å²) >= 11 is 1.18. The minimum atomic E-state index is -0.485. The first-order chi connectivity index (χ1) is 15.2. The molecule has 10 nitrogen and oxygen atoms in total. The maximum absolute atomic E-state index is 12.4. The summed E-state index contributed by atoms with van der Waals surface area (Å²) in [6, 6.07) is 11.7. The van der Waals surface area contributed by atoms with Gasteiger partial charge in [0.2, 0.25) is 11.8 Å². The highest BCUT2D eigenvalue weighted by Crippen LogP contribution is 2.22. The van der Waals surface area contributed by atoms with Gasteiger partial charge in [0, 0.05) is 30.6 Å². The summed E-state index contributed by atoms with van der Waals surface area (Å²) in [6.07, 6.45) is 0.0482. The Kier molecular flexibility index (Phi) is 7.21. The summed E-state index contributed by atoms with van der Waals surface area (Å²) in [5.74, 6) is 0.0504. The van der Waals surface area contributed by atoms with Crippen molar-refractivity contribution >= 4 is 40.6 Å². The Morgan fingerprint density at radius 3 is 2.41 bits per heavy atom. The van der Waals surface area contributed by atoms with Gasteiger partial charge in [-0.05, 0) is 37.1 Å². The van der Waals surface area contributed by atoms with E-state index in [0.717, 1.165) is 11.3 Å². The third-order valence-corrected chi connectivity index (χ3v) is 5.71. The Bertz CT molecular complexity index is 1180. The highest BCUT2D eigenvalue weighted by molar-refractivity contribution is 7.99. The number of hydrogen-bond acceptors (Lipinski definition) is 7. The molecule has 0 radical (unpaired) electrons. The molecule has 0 fully saturated rings. The molecule has 1 heterocycles. The molecule has 166 valence electrons. The summed E-state index contributed by atoms with van der Waals surface area (Å²) < 4.78 is 1.67. The first kappa shape index (κ1) is 22.9. The van der Waals surface area contributed by atoms with Crippen molar-refractivity contribution in [1.82, 2.24) is 14.8 Å². The van der Waals surface area contributed by atoms with E-state index in [9.17, 15) is 19.7 Å². The molecule has 32 heavy (non-hydrogen) atoms. The van der Waals surface area contributed by atoms with Crippen molar-refractivity contribution in [3.63, 3.8) is 0 Å². The monoisotopic (exact) mass is 454 g/mol. The third-order valence-electron chi connectivity index (χ3n) is 4.69. The van der Waals surface area contributed by atoms with Gasteiger partial charge in [0.1, 0.15) is 5.82 Å². The summed E-state index contributed by atoms with van der Waals surface area (Å²) in [7, 11) is 1.73. The van der Waals surface area contributed by atoms with Gasteiger partial charge in [0.25, 0.3) is 5.69 Å². The molecule has 0 aliphatic rings. The average molecular weight is 455 g/mol. The number of thioether (sulfide) groups is 1. The van der Waals surface area contributed by atoms with Gasteiger partial charge in [-0.25, -0.2) is 0 Å². The van der Waals surface area contributed by atoms with E-state index in [1.807, 2.05) is 31.2 Å². The largest absolute Gasteiger partial charge is 0.325 e. The molecule has 2 amide bonds. The number of aryl methyl sites for hydroxylation is 2. The zero-order valence-electron chi connectivity index (χ0n) is 17.8. The van der Waals surface area contributed by atoms with Gasteiger partial charge in [0.05, 0.1) is 17.1 Å².